The molecule has 2 aromatic rings. The van der Waals surface area contributed by atoms with Crippen molar-refractivity contribution in [2.24, 2.45) is 0 Å². The Balaban J connectivity index is 1.61. The molecule has 0 aliphatic carbocycles. The van der Waals surface area contributed by atoms with Crippen LogP contribution in [-0.4, -0.2) is 28.6 Å². The van der Waals surface area contributed by atoms with Gasteiger partial charge in [0, 0.05) is 37.5 Å². The SMILES string of the molecule is Cc1nsc(N2CCC(Oc3c(C)cccc3C)CC2)n1. The molecule has 1 aliphatic rings. The van der Waals surface area contributed by atoms with Crippen LogP contribution in [-0.2, 0) is 0 Å². The smallest absolute Gasteiger partial charge is 0.205 e. The van der Waals surface area contributed by atoms with Gasteiger partial charge in [0.2, 0.25) is 5.13 Å². The van der Waals surface area contributed by atoms with E-state index >= 15 is 0 Å². The number of nitrogens with zero attached hydrogens (tertiary/aromatic N) is 3. The highest BCUT2D eigenvalue weighted by Gasteiger charge is 2.23. The number of benzene rings is 1. The van der Waals surface area contributed by atoms with Gasteiger partial charge in [0.1, 0.15) is 17.7 Å². The number of ether oxygens (including phenoxy) is 1. The van der Waals surface area contributed by atoms with Crippen LogP contribution in [0.4, 0.5) is 5.13 Å². The minimum absolute atomic E-state index is 0.301. The maximum Gasteiger partial charge on any atom is 0.205 e. The molecule has 21 heavy (non-hydrogen) atoms. The number of aromatic nitrogens is 2. The maximum atomic E-state index is 6.25. The van der Waals surface area contributed by atoms with Crippen molar-refractivity contribution in [1.29, 1.82) is 0 Å². The summed E-state index contributed by atoms with van der Waals surface area (Å²) in [6.07, 6.45) is 2.37. The summed E-state index contributed by atoms with van der Waals surface area (Å²) >= 11 is 1.49. The lowest BCUT2D eigenvalue weighted by molar-refractivity contribution is 0.168. The summed E-state index contributed by atoms with van der Waals surface area (Å²) in [6, 6.07) is 6.31. The number of hydrogen-bond acceptors (Lipinski definition) is 5. The standard InChI is InChI=1S/C16H21N3OS/c1-11-5-4-6-12(2)15(11)20-14-7-9-19(10-8-14)16-17-13(3)18-21-16/h4-6,14H,7-10H2,1-3H3. The van der Waals surface area contributed by atoms with E-state index in [1.54, 1.807) is 0 Å². The molecule has 4 nitrogen and oxygen atoms in total. The first-order chi connectivity index (χ1) is 10.1. The Morgan fingerprint density at radius 3 is 2.38 bits per heavy atom. The van der Waals surface area contributed by atoms with Gasteiger partial charge >= 0.3 is 0 Å². The molecule has 5 heteroatoms. The van der Waals surface area contributed by atoms with E-state index in [0.29, 0.717) is 6.10 Å². The van der Waals surface area contributed by atoms with Gasteiger partial charge in [0.05, 0.1) is 0 Å². The van der Waals surface area contributed by atoms with E-state index in [-0.39, 0.29) is 0 Å². The summed E-state index contributed by atoms with van der Waals surface area (Å²) in [7, 11) is 0. The highest BCUT2D eigenvalue weighted by molar-refractivity contribution is 7.09. The summed E-state index contributed by atoms with van der Waals surface area (Å²) in [5.74, 6) is 1.92. The Labute approximate surface area is 129 Å². The summed E-state index contributed by atoms with van der Waals surface area (Å²) in [5.41, 5.74) is 2.44. The van der Waals surface area contributed by atoms with Crippen molar-refractivity contribution in [2.45, 2.75) is 39.7 Å². The summed E-state index contributed by atoms with van der Waals surface area (Å²) in [4.78, 5) is 6.78. The maximum absolute atomic E-state index is 6.25. The molecule has 0 amide bonds. The predicted octanol–water partition coefficient (Wildman–Crippen LogP) is 3.51. The van der Waals surface area contributed by atoms with Crippen LogP contribution in [0.1, 0.15) is 29.8 Å². The van der Waals surface area contributed by atoms with Crippen LogP contribution < -0.4 is 9.64 Å². The molecule has 112 valence electrons. The zero-order chi connectivity index (χ0) is 14.8. The Kier molecular flexibility index (Phi) is 4.10. The minimum Gasteiger partial charge on any atom is -0.490 e. The van der Waals surface area contributed by atoms with Crippen LogP contribution in [0.5, 0.6) is 5.75 Å². The number of rotatable bonds is 3. The lowest BCUT2D eigenvalue weighted by atomic mass is 10.1. The molecule has 1 saturated heterocycles. The molecule has 0 radical (unpaired) electrons. The van der Waals surface area contributed by atoms with Crippen LogP contribution in [0.3, 0.4) is 0 Å². The van der Waals surface area contributed by atoms with Gasteiger partial charge in [-0.2, -0.15) is 4.37 Å². The van der Waals surface area contributed by atoms with Crippen molar-refractivity contribution in [3.05, 3.63) is 35.2 Å². The minimum atomic E-state index is 0.301. The highest BCUT2D eigenvalue weighted by Crippen LogP contribution is 2.28. The first-order valence-corrected chi connectivity index (χ1v) is 8.19. The third kappa shape index (κ3) is 3.18. The molecular weight excluding hydrogens is 282 g/mol. The van der Waals surface area contributed by atoms with Crippen LogP contribution in [0.2, 0.25) is 0 Å². The van der Waals surface area contributed by atoms with E-state index < -0.39 is 0 Å². The van der Waals surface area contributed by atoms with Gasteiger partial charge in [-0.15, -0.1) is 0 Å². The number of anilines is 1. The Morgan fingerprint density at radius 1 is 1.14 bits per heavy atom. The fourth-order valence-corrected chi connectivity index (χ4v) is 3.46. The van der Waals surface area contributed by atoms with Gasteiger partial charge in [-0.1, -0.05) is 18.2 Å². The molecule has 0 unspecified atom stereocenters. The monoisotopic (exact) mass is 303 g/mol. The van der Waals surface area contributed by atoms with Crippen LogP contribution in [0.25, 0.3) is 0 Å². The Morgan fingerprint density at radius 2 is 1.81 bits per heavy atom. The molecule has 1 aromatic heterocycles. The van der Waals surface area contributed by atoms with Crippen molar-refractivity contribution in [2.75, 3.05) is 18.0 Å². The fraction of sp³-hybridized carbons (Fsp3) is 0.500. The normalized spacial score (nSPS) is 16.2. The zero-order valence-electron chi connectivity index (χ0n) is 12.8. The molecule has 0 atom stereocenters. The summed E-state index contributed by atoms with van der Waals surface area (Å²) in [5, 5.41) is 1.04. The lowest BCUT2D eigenvalue weighted by Crippen LogP contribution is -2.38. The van der Waals surface area contributed by atoms with Gasteiger partial charge in [-0.25, -0.2) is 4.98 Å². The molecule has 0 N–H and O–H groups in total. The fourth-order valence-electron chi connectivity index (χ4n) is 2.73. The molecule has 0 bridgehead atoms. The largest absolute Gasteiger partial charge is 0.490 e. The molecule has 1 aromatic carbocycles. The van der Waals surface area contributed by atoms with E-state index in [0.717, 1.165) is 42.6 Å². The van der Waals surface area contributed by atoms with E-state index in [2.05, 4.69) is 46.3 Å². The zero-order valence-corrected chi connectivity index (χ0v) is 13.6. The third-order valence-corrected chi connectivity index (χ3v) is 4.79. The second-order valence-corrected chi connectivity index (χ2v) is 6.38. The van der Waals surface area contributed by atoms with E-state index in [9.17, 15) is 0 Å². The van der Waals surface area contributed by atoms with Crippen molar-refractivity contribution >= 4 is 16.7 Å². The van der Waals surface area contributed by atoms with Gasteiger partial charge in [-0.3, -0.25) is 0 Å². The van der Waals surface area contributed by atoms with Crippen molar-refractivity contribution < 1.29 is 4.74 Å². The molecule has 1 aliphatic heterocycles. The van der Waals surface area contributed by atoms with E-state index in [4.69, 9.17) is 4.74 Å². The third-order valence-electron chi connectivity index (χ3n) is 3.92. The molecule has 2 heterocycles. The van der Waals surface area contributed by atoms with Crippen LogP contribution in [0.15, 0.2) is 18.2 Å². The van der Waals surface area contributed by atoms with Crippen molar-refractivity contribution in [3.63, 3.8) is 0 Å². The Bertz CT molecular complexity index is 597. The number of para-hydroxylation sites is 1. The first kappa shape index (κ1) is 14.3. The summed E-state index contributed by atoms with van der Waals surface area (Å²) in [6.45, 7) is 8.15. The number of piperidine rings is 1. The van der Waals surface area contributed by atoms with Crippen molar-refractivity contribution in [1.82, 2.24) is 9.36 Å². The molecule has 0 spiro atoms. The van der Waals surface area contributed by atoms with Crippen LogP contribution in [0, 0.1) is 20.8 Å². The summed E-state index contributed by atoms with van der Waals surface area (Å²) < 4.78 is 10.5. The number of hydrogen-bond donors (Lipinski definition) is 0. The highest BCUT2D eigenvalue weighted by atomic mass is 32.1. The average molecular weight is 303 g/mol. The number of aryl methyl sites for hydroxylation is 3. The molecule has 0 saturated carbocycles. The van der Waals surface area contributed by atoms with E-state index in [1.807, 2.05) is 6.92 Å². The topological polar surface area (TPSA) is 38.2 Å². The van der Waals surface area contributed by atoms with E-state index in [1.165, 1.54) is 22.7 Å². The van der Waals surface area contributed by atoms with Gasteiger partial charge < -0.3 is 9.64 Å². The Hall–Kier alpha value is -1.62. The van der Waals surface area contributed by atoms with Gasteiger partial charge in [0.25, 0.3) is 0 Å². The van der Waals surface area contributed by atoms with Crippen molar-refractivity contribution in [3.8, 4) is 5.75 Å². The van der Waals surface area contributed by atoms with Gasteiger partial charge in [-0.05, 0) is 31.9 Å². The second-order valence-electron chi connectivity index (χ2n) is 5.65. The second kappa shape index (κ2) is 6.02. The lowest BCUT2D eigenvalue weighted by Gasteiger charge is -2.32. The van der Waals surface area contributed by atoms with Gasteiger partial charge in [0.15, 0.2) is 0 Å². The molecule has 1 fully saturated rings. The van der Waals surface area contributed by atoms with Crippen LogP contribution >= 0.6 is 11.5 Å². The predicted molar refractivity (Wildman–Crippen MR) is 86.4 cm³/mol. The molecule has 3 rings (SSSR count). The average Bonchev–Trinajstić information content (AvgIpc) is 2.90. The quantitative estimate of drug-likeness (QED) is 0.869. The molecular formula is C16H21N3OS. The first-order valence-electron chi connectivity index (χ1n) is 7.41.